The molecule has 0 bridgehead atoms. The van der Waals surface area contributed by atoms with E-state index in [1.807, 2.05) is 27.7 Å². The van der Waals surface area contributed by atoms with Crippen LogP contribution in [0.25, 0.3) is 0 Å². The van der Waals surface area contributed by atoms with E-state index >= 15 is 0 Å². The summed E-state index contributed by atoms with van der Waals surface area (Å²) in [6.45, 7) is 7.69. The maximum Gasteiger partial charge on any atom is 0.122 e. The van der Waals surface area contributed by atoms with E-state index in [-0.39, 0.29) is 0 Å². The predicted octanol–water partition coefficient (Wildman–Crippen LogP) is 3.61. The standard InChI is InChI=1S/C10H18O2.I2/c1-9(2,11-5)7-8-10(3,4)12-6;1-2/h1-6H3;. The van der Waals surface area contributed by atoms with Crippen molar-refractivity contribution in [3.8, 4) is 11.8 Å². The van der Waals surface area contributed by atoms with Gasteiger partial charge < -0.3 is 9.47 Å². The summed E-state index contributed by atoms with van der Waals surface area (Å²) in [5.41, 5.74) is -0.786. The molecule has 0 amide bonds. The lowest BCUT2D eigenvalue weighted by molar-refractivity contribution is 0.0644. The van der Waals surface area contributed by atoms with Crippen LogP contribution in [-0.4, -0.2) is 25.4 Å². The molecule has 0 unspecified atom stereocenters. The first-order valence-corrected chi connectivity index (χ1v) is 10.4. The Morgan fingerprint density at radius 1 is 0.786 bits per heavy atom. The molecular weight excluding hydrogens is 406 g/mol. The summed E-state index contributed by atoms with van der Waals surface area (Å²) in [7, 11) is 3.29. The fourth-order valence-electron chi connectivity index (χ4n) is 0.403. The lowest BCUT2D eigenvalue weighted by Gasteiger charge is -2.18. The van der Waals surface area contributed by atoms with E-state index in [9.17, 15) is 0 Å². The SMILES string of the molecule is COC(C)(C)C#CC(C)(C)OC.II. The normalized spacial score (nSPS) is 10.9. The van der Waals surface area contributed by atoms with Crippen molar-refractivity contribution < 1.29 is 9.47 Å². The number of methoxy groups -OCH3 is 2. The summed E-state index contributed by atoms with van der Waals surface area (Å²) < 4.78 is 10.3. The quantitative estimate of drug-likeness (QED) is 0.499. The third-order valence-corrected chi connectivity index (χ3v) is 1.69. The van der Waals surface area contributed by atoms with Gasteiger partial charge in [0.1, 0.15) is 11.2 Å². The molecule has 0 spiro atoms. The maximum absolute atomic E-state index is 5.15. The Balaban J connectivity index is 0. The predicted molar refractivity (Wildman–Crippen MR) is 78.0 cm³/mol. The Bertz CT molecular complexity index is 182. The van der Waals surface area contributed by atoms with Gasteiger partial charge in [-0.1, -0.05) is 11.8 Å². The Hall–Kier alpha value is 0.940. The van der Waals surface area contributed by atoms with E-state index in [1.165, 1.54) is 0 Å². The largest absolute Gasteiger partial charge is 0.366 e. The zero-order valence-electron chi connectivity index (χ0n) is 9.57. The number of halogens is 2. The Labute approximate surface area is 111 Å². The van der Waals surface area contributed by atoms with E-state index in [0.717, 1.165) is 0 Å². The molecule has 0 saturated carbocycles. The lowest BCUT2D eigenvalue weighted by Crippen LogP contribution is -2.24. The summed E-state index contributed by atoms with van der Waals surface area (Å²) >= 11 is 4.24. The van der Waals surface area contributed by atoms with Crippen molar-refractivity contribution in [1.82, 2.24) is 0 Å². The Morgan fingerprint density at radius 2 is 1.00 bits per heavy atom. The molecule has 0 aliphatic carbocycles. The molecule has 0 aliphatic rings. The molecule has 14 heavy (non-hydrogen) atoms. The molecule has 0 saturated heterocycles. The minimum absolute atomic E-state index is 0.393. The maximum atomic E-state index is 5.15. The molecule has 0 atom stereocenters. The average molecular weight is 424 g/mol. The zero-order chi connectivity index (χ0) is 11.8. The smallest absolute Gasteiger partial charge is 0.122 e. The number of hydrogen-bond acceptors (Lipinski definition) is 2. The van der Waals surface area contributed by atoms with Crippen molar-refractivity contribution in [2.24, 2.45) is 0 Å². The highest BCUT2D eigenvalue weighted by molar-refractivity contribution is 15.0. The molecule has 0 N–H and O–H groups in total. The summed E-state index contributed by atoms with van der Waals surface area (Å²) in [5, 5.41) is 0. The second-order valence-corrected chi connectivity index (χ2v) is 3.68. The van der Waals surface area contributed by atoms with Crippen molar-refractivity contribution in [1.29, 1.82) is 0 Å². The van der Waals surface area contributed by atoms with Crippen LogP contribution in [-0.2, 0) is 9.47 Å². The molecule has 0 aromatic carbocycles. The van der Waals surface area contributed by atoms with Crippen molar-refractivity contribution in [2.45, 2.75) is 38.9 Å². The number of hydrogen-bond donors (Lipinski definition) is 0. The molecule has 0 heterocycles. The van der Waals surface area contributed by atoms with Crippen LogP contribution in [0, 0.1) is 11.8 Å². The van der Waals surface area contributed by atoms with Gasteiger partial charge in [0.05, 0.1) is 0 Å². The highest BCUT2D eigenvalue weighted by Crippen LogP contribution is 2.09. The van der Waals surface area contributed by atoms with Crippen LogP contribution in [0.2, 0.25) is 0 Å². The minimum Gasteiger partial charge on any atom is -0.366 e. The van der Waals surface area contributed by atoms with Crippen LogP contribution in [0.4, 0.5) is 0 Å². The molecular formula is C10H18I2O2. The van der Waals surface area contributed by atoms with E-state index < -0.39 is 11.2 Å². The van der Waals surface area contributed by atoms with Crippen LogP contribution in [0.1, 0.15) is 27.7 Å². The van der Waals surface area contributed by atoms with Crippen LogP contribution in [0.15, 0.2) is 0 Å². The van der Waals surface area contributed by atoms with E-state index in [2.05, 4.69) is 49.1 Å². The van der Waals surface area contributed by atoms with Crippen LogP contribution < -0.4 is 0 Å². The molecule has 2 nitrogen and oxygen atoms in total. The van der Waals surface area contributed by atoms with Gasteiger partial charge >= 0.3 is 0 Å². The van der Waals surface area contributed by atoms with Gasteiger partial charge in [-0.15, -0.1) is 0 Å². The first-order chi connectivity index (χ1) is 6.33. The van der Waals surface area contributed by atoms with Gasteiger partial charge in [0.15, 0.2) is 0 Å². The molecule has 0 radical (unpaired) electrons. The van der Waals surface area contributed by atoms with Gasteiger partial charge in [-0.2, -0.15) is 0 Å². The average Bonchev–Trinajstić information content (AvgIpc) is 2.19. The number of ether oxygens (including phenoxy) is 2. The highest BCUT2D eigenvalue weighted by Gasteiger charge is 2.15. The molecule has 4 heteroatoms. The fourth-order valence-corrected chi connectivity index (χ4v) is 0.403. The van der Waals surface area contributed by atoms with E-state index in [1.54, 1.807) is 14.2 Å². The monoisotopic (exact) mass is 424 g/mol. The van der Waals surface area contributed by atoms with Crippen molar-refractivity contribution >= 4 is 37.2 Å². The first kappa shape index (κ1) is 17.3. The van der Waals surface area contributed by atoms with Crippen LogP contribution in [0.5, 0.6) is 0 Å². The lowest BCUT2D eigenvalue weighted by atomic mass is 10.1. The van der Waals surface area contributed by atoms with Crippen LogP contribution >= 0.6 is 37.2 Å². The summed E-state index contributed by atoms with van der Waals surface area (Å²) in [5.74, 6) is 6.01. The molecule has 0 rings (SSSR count). The zero-order valence-corrected chi connectivity index (χ0v) is 13.9. The Kier molecular flexibility index (Phi) is 10.1. The van der Waals surface area contributed by atoms with Crippen LogP contribution in [0.3, 0.4) is 0 Å². The van der Waals surface area contributed by atoms with Gasteiger partial charge in [-0.25, -0.2) is 0 Å². The summed E-state index contributed by atoms with van der Waals surface area (Å²) in [6.07, 6.45) is 0. The van der Waals surface area contributed by atoms with Gasteiger partial charge in [0.25, 0.3) is 0 Å². The second-order valence-electron chi connectivity index (χ2n) is 3.68. The second kappa shape index (κ2) is 8.13. The Morgan fingerprint density at radius 3 is 1.14 bits per heavy atom. The molecule has 0 aliphatic heterocycles. The van der Waals surface area contributed by atoms with Crippen molar-refractivity contribution in [3.05, 3.63) is 0 Å². The molecule has 0 aromatic heterocycles. The minimum atomic E-state index is -0.393. The summed E-state index contributed by atoms with van der Waals surface area (Å²) in [4.78, 5) is 0. The summed E-state index contributed by atoms with van der Waals surface area (Å²) in [6, 6.07) is 0. The first-order valence-electron chi connectivity index (χ1n) is 4.12. The third-order valence-electron chi connectivity index (χ3n) is 1.69. The number of rotatable bonds is 2. The van der Waals surface area contributed by atoms with E-state index in [0.29, 0.717) is 0 Å². The van der Waals surface area contributed by atoms with Crippen molar-refractivity contribution in [3.63, 3.8) is 0 Å². The highest BCUT2D eigenvalue weighted by atomic mass is 128. The van der Waals surface area contributed by atoms with E-state index in [4.69, 9.17) is 9.47 Å². The van der Waals surface area contributed by atoms with Gasteiger partial charge in [0, 0.05) is 51.5 Å². The molecule has 0 fully saturated rings. The van der Waals surface area contributed by atoms with Gasteiger partial charge in [-0.05, 0) is 27.7 Å². The molecule has 84 valence electrons. The fraction of sp³-hybridized carbons (Fsp3) is 0.800. The van der Waals surface area contributed by atoms with Gasteiger partial charge in [0.2, 0.25) is 0 Å². The van der Waals surface area contributed by atoms with Crippen molar-refractivity contribution in [2.75, 3.05) is 14.2 Å². The topological polar surface area (TPSA) is 18.5 Å². The molecule has 0 aromatic rings. The third kappa shape index (κ3) is 9.49. The van der Waals surface area contributed by atoms with Gasteiger partial charge in [-0.3, -0.25) is 0 Å².